The number of likely N-dealkylation sites (N-methyl/N-ethyl adjacent to an activating group) is 1. The Labute approximate surface area is 259 Å². The topological polar surface area (TPSA) is 138 Å². The number of hydrogen-bond donors (Lipinski definition) is 3. The Morgan fingerprint density at radius 2 is 1.75 bits per heavy atom. The number of hydrogen-bond acceptors (Lipinski definition) is 11. The van der Waals surface area contributed by atoms with Gasteiger partial charge in [0, 0.05) is 82.0 Å². The zero-order chi connectivity index (χ0) is 30.6. The molecular formula is C32H45N9O3. The summed E-state index contributed by atoms with van der Waals surface area (Å²) >= 11 is 0. The van der Waals surface area contributed by atoms with Crippen molar-refractivity contribution in [1.29, 1.82) is 0 Å². The Morgan fingerprint density at radius 1 is 1.00 bits per heavy atom. The molecule has 4 N–H and O–H groups in total. The smallest absolute Gasteiger partial charge is 0.271 e. The molecule has 1 amide bonds. The van der Waals surface area contributed by atoms with E-state index in [0.717, 1.165) is 51.1 Å². The van der Waals surface area contributed by atoms with Crippen LogP contribution in [0.4, 0.5) is 23.0 Å². The number of nitrogens with two attached hydrogens (primary N) is 1. The molecule has 0 radical (unpaired) electrons. The monoisotopic (exact) mass is 603 g/mol. The van der Waals surface area contributed by atoms with E-state index in [2.05, 4.69) is 61.6 Å². The Balaban J connectivity index is 1.23. The number of rotatable bonds is 9. The van der Waals surface area contributed by atoms with Gasteiger partial charge in [0.15, 0.2) is 28.8 Å². The van der Waals surface area contributed by atoms with Gasteiger partial charge >= 0.3 is 0 Å². The Hall–Kier alpha value is -3.74. The van der Waals surface area contributed by atoms with E-state index in [4.69, 9.17) is 20.0 Å². The second-order valence-corrected chi connectivity index (χ2v) is 12.2. The van der Waals surface area contributed by atoms with Crippen LogP contribution in [0, 0.1) is 6.92 Å². The summed E-state index contributed by atoms with van der Waals surface area (Å²) in [6, 6.07) is 8.98. The number of nitrogens with zero attached hydrogens (tertiary/aromatic N) is 6. The van der Waals surface area contributed by atoms with Gasteiger partial charge in [0.05, 0.1) is 5.69 Å². The average molecular weight is 604 g/mol. The van der Waals surface area contributed by atoms with E-state index >= 15 is 0 Å². The molecule has 3 saturated heterocycles. The van der Waals surface area contributed by atoms with E-state index in [0.29, 0.717) is 48.0 Å². The van der Waals surface area contributed by atoms with Crippen LogP contribution in [0.5, 0.6) is 0 Å². The molecule has 1 aromatic carbocycles. The van der Waals surface area contributed by atoms with Crippen LogP contribution in [0.25, 0.3) is 11.5 Å². The number of ether oxygens (including phenoxy) is 1. The molecule has 0 saturated carbocycles. The van der Waals surface area contributed by atoms with Gasteiger partial charge in [-0.2, -0.15) is 0 Å². The van der Waals surface area contributed by atoms with Crippen LogP contribution in [0.3, 0.4) is 0 Å². The standard InChI is InChI=1S/C32H45N9O3/c1-4-22-20-24(5-6-26(22)41-11-7-25(8-12-41)40-15-13-39(3)14-16-40)35-32-29(30(33)42)36-28(27-19-21(2)38-44-27)31(37-32)34-23-9-17-43-18-10-23/h5-6,19-20,23,25H,4,7-18H2,1-3H3,(H2,33,42)(H2,34,35,37). The number of benzene rings is 1. The highest BCUT2D eigenvalue weighted by molar-refractivity contribution is 5.97. The van der Waals surface area contributed by atoms with E-state index in [9.17, 15) is 4.79 Å². The third-order valence-electron chi connectivity index (χ3n) is 9.14. The molecule has 12 heteroatoms. The van der Waals surface area contributed by atoms with Gasteiger partial charge in [0.2, 0.25) is 0 Å². The zero-order valence-electron chi connectivity index (χ0n) is 26.1. The molecular weight excluding hydrogens is 558 g/mol. The minimum atomic E-state index is -0.675. The zero-order valence-corrected chi connectivity index (χ0v) is 26.1. The number of piperazine rings is 1. The number of nitrogens with one attached hydrogen (secondary N) is 2. The predicted octanol–water partition coefficient (Wildman–Crippen LogP) is 3.65. The normalized spacial score (nSPS) is 19.3. The van der Waals surface area contributed by atoms with Crippen molar-refractivity contribution in [2.45, 2.75) is 58.0 Å². The first-order valence-electron chi connectivity index (χ1n) is 15.9. The molecule has 3 aromatic rings. The molecule has 0 bridgehead atoms. The van der Waals surface area contributed by atoms with Crippen LogP contribution in [0.2, 0.25) is 0 Å². The second kappa shape index (κ2) is 13.5. The van der Waals surface area contributed by atoms with Gasteiger partial charge in [0.1, 0.15) is 0 Å². The predicted molar refractivity (Wildman–Crippen MR) is 172 cm³/mol. The van der Waals surface area contributed by atoms with Gasteiger partial charge in [-0.1, -0.05) is 12.1 Å². The van der Waals surface area contributed by atoms with E-state index in [1.165, 1.54) is 37.2 Å². The summed E-state index contributed by atoms with van der Waals surface area (Å²) in [5.74, 6) is 0.559. The summed E-state index contributed by atoms with van der Waals surface area (Å²) in [6.07, 6.45) is 4.93. The third-order valence-corrected chi connectivity index (χ3v) is 9.14. The van der Waals surface area contributed by atoms with E-state index in [-0.39, 0.29) is 11.7 Å². The Bertz CT molecular complexity index is 1440. The number of anilines is 4. The quantitative estimate of drug-likeness (QED) is 0.330. The van der Waals surface area contributed by atoms with Gasteiger partial charge in [-0.05, 0) is 69.8 Å². The van der Waals surface area contributed by atoms with Crippen LogP contribution >= 0.6 is 0 Å². The van der Waals surface area contributed by atoms with Crippen LogP contribution in [0.15, 0.2) is 28.8 Å². The minimum Gasteiger partial charge on any atom is -0.381 e. The molecule has 236 valence electrons. The molecule has 0 spiro atoms. The summed E-state index contributed by atoms with van der Waals surface area (Å²) in [4.78, 5) is 29.8. The number of carbonyl (C=O) groups excluding carboxylic acids is 1. The van der Waals surface area contributed by atoms with Crippen molar-refractivity contribution in [2.75, 3.05) is 75.1 Å². The largest absolute Gasteiger partial charge is 0.381 e. The number of piperidine rings is 1. The summed E-state index contributed by atoms with van der Waals surface area (Å²) in [6.45, 7) is 12.1. The van der Waals surface area contributed by atoms with Crippen molar-refractivity contribution >= 4 is 28.9 Å². The van der Waals surface area contributed by atoms with Crippen LogP contribution in [-0.4, -0.2) is 102 Å². The number of carbonyl (C=O) groups is 1. The first kappa shape index (κ1) is 30.3. The number of aromatic nitrogens is 3. The van der Waals surface area contributed by atoms with Gasteiger partial charge in [-0.15, -0.1) is 0 Å². The maximum atomic E-state index is 12.6. The SMILES string of the molecule is CCc1cc(Nc2nc(NC3CCOCC3)c(-c3cc(C)no3)nc2C(N)=O)ccc1N1CCC(N2CCN(C)CC2)CC1. The molecule has 5 heterocycles. The average Bonchev–Trinajstić information content (AvgIpc) is 3.48. The molecule has 0 aliphatic carbocycles. The molecule has 2 aromatic heterocycles. The van der Waals surface area contributed by atoms with Crippen molar-refractivity contribution in [1.82, 2.24) is 24.9 Å². The molecule has 44 heavy (non-hydrogen) atoms. The Kier molecular flexibility index (Phi) is 9.29. The van der Waals surface area contributed by atoms with Crippen LogP contribution < -0.4 is 21.3 Å². The van der Waals surface area contributed by atoms with Crippen molar-refractivity contribution in [3.8, 4) is 11.5 Å². The van der Waals surface area contributed by atoms with Gasteiger partial charge < -0.3 is 35.4 Å². The highest BCUT2D eigenvalue weighted by atomic mass is 16.5. The molecule has 0 unspecified atom stereocenters. The summed E-state index contributed by atoms with van der Waals surface area (Å²) < 4.78 is 11.1. The highest BCUT2D eigenvalue weighted by Gasteiger charge is 2.28. The summed E-state index contributed by atoms with van der Waals surface area (Å²) in [5.41, 5.74) is 10.3. The van der Waals surface area contributed by atoms with Crippen molar-refractivity contribution in [2.24, 2.45) is 5.73 Å². The van der Waals surface area contributed by atoms with Crippen molar-refractivity contribution in [3.05, 3.63) is 41.2 Å². The molecule has 12 nitrogen and oxygen atoms in total. The lowest BCUT2D eigenvalue weighted by molar-refractivity contribution is 0.0904. The maximum absolute atomic E-state index is 12.6. The first-order chi connectivity index (χ1) is 21.4. The fraction of sp³-hybridized carbons (Fsp3) is 0.562. The number of primary amides is 1. The van der Waals surface area contributed by atoms with E-state index < -0.39 is 5.91 Å². The molecule has 6 rings (SSSR count). The lowest BCUT2D eigenvalue weighted by Gasteiger charge is -2.43. The second-order valence-electron chi connectivity index (χ2n) is 12.2. The number of amides is 1. The third kappa shape index (κ3) is 6.82. The molecule has 3 aliphatic heterocycles. The highest BCUT2D eigenvalue weighted by Crippen LogP contribution is 2.33. The van der Waals surface area contributed by atoms with Crippen molar-refractivity contribution in [3.63, 3.8) is 0 Å². The minimum absolute atomic E-state index is 0.0414. The number of aryl methyl sites for hydroxylation is 2. The van der Waals surface area contributed by atoms with E-state index in [1.807, 2.05) is 13.0 Å². The summed E-state index contributed by atoms with van der Waals surface area (Å²) in [7, 11) is 2.21. The summed E-state index contributed by atoms with van der Waals surface area (Å²) in [5, 5.41) is 10.9. The van der Waals surface area contributed by atoms with Crippen molar-refractivity contribution < 1.29 is 14.1 Å². The lowest BCUT2D eigenvalue weighted by Crippen LogP contribution is -2.52. The Morgan fingerprint density at radius 3 is 2.41 bits per heavy atom. The molecule has 3 aliphatic rings. The molecule has 0 atom stereocenters. The first-order valence-corrected chi connectivity index (χ1v) is 15.9. The van der Waals surface area contributed by atoms with E-state index in [1.54, 1.807) is 6.07 Å². The van der Waals surface area contributed by atoms with Gasteiger partial charge in [-0.25, -0.2) is 9.97 Å². The lowest BCUT2D eigenvalue weighted by atomic mass is 10.00. The molecule has 3 fully saturated rings. The van der Waals surface area contributed by atoms with Crippen LogP contribution in [0.1, 0.15) is 54.4 Å². The fourth-order valence-corrected chi connectivity index (χ4v) is 6.53. The van der Waals surface area contributed by atoms with Crippen LogP contribution in [-0.2, 0) is 11.2 Å². The maximum Gasteiger partial charge on any atom is 0.271 e. The van der Waals surface area contributed by atoms with Gasteiger partial charge in [-0.3, -0.25) is 9.69 Å². The van der Waals surface area contributed by atoms with Gasteiger partial charge in [0.25, 0.3) is 5.91 Å². The fourth-order valence-electron chi connectivity index (χ4n) is 6.53.